The molecule has 0 saturated carbocycles. The van der Waals surface area contributed by atoms with Gasteiger partial charge in [0.25, 0.3) is 5.91 Å². The summed E-state index contributed by atoms with van der Waals surface area (Å²) in [6.07, 6.45) is 2.02. The SMILES string of the molecule is CSc1ccc(C)c(C(=O)NCc2ccc3c(c2)CNC3)c1.Cl. The second kappa shape index (κ2) is 7.86. The number of thioether (sulfide) groups is 1. The van der Waals surface area contributed by atoms with Crippen molar-refractivity contribution in [3.05, 3.63) is 64.2 Å². The van der Waals surface area contributed by atoms with E-state index in [4.69, 9.17) is 0 Å². The molecule has 0 bridgehead atoms. The molecule has 0 saturated heterocycles. The van der Waals surface area contributed by atoms with Crippen molar-refractivity contribution in [1.82, 2.24) is 10.6 Å². The van der Waals surface area contributed by atoms with Crippen LogP contribution in [-0.4, -0.2) is 12.2 Å². The maximum Gasteiger partial charge on any atom is 0.251 e. The number of carbonyl (C=O) groups excluding carboxylic acids is 1. The maximum atomic E-state index is 12.4. The first-order valence-corrected chi connectivity index (χ1v) is 8.64. The van der Waals surface area contributed by atoms with Crippen LogP contribution in [0.2, 0.25) is 0 Å². The van der Waals surface area contributed by atoms with Gasteiger partial charge in [0.05, 0.1) is 0 Å². The Morgan fingerprint density at radius 1 is 1.17 bits per heavy atom. The van der Waals surface area contributed by atoms with Crippen LogP contribution in [0, 0.1) is 6.92 Å². The lowest BCUT2D eigenvalue weighted by Gasteiger charge is -2.10. The Bertz CT molecular complexity index is 718. The average molecular weight is 349 g/mol. The van der Waals surface area contributed by atoms with Gasteiger partial charge in [0.1, 0.15) is 0 Å². The third-order valence-electron chi connectivity index (χ3n) is 4.04. The second-order valence-corrected chi connectivity index (χ2v) is 6.45. The first kappa shape index (κ1) is 17.9. The van der Waals surface area contributed by atoms with Gasteiger partial charge in [-0.1, -0.05) is 24.3 Å². The number of amides is 1. The lowest BCUT2D eigenvalue weighted by Crippen LogP contribution is -2.23. The molecule has 0 aliphatic carbocycles. The van der Waals surface area contributed by atoms with Crippen LogP contribution in [0.5, 0.6) is 0 Å². The monoisotopic (exact) mass is 348 g/mol. The zero-order chi connectivity index (χ0) is 15.5. The maximum absolute atomic E-state index is 12.4. The molecule has 122 valence electrons. The highest BCUT2D eigenvalue weighted by atomic mass is 35.5. The number of hydrogen-bond donors (Lipinski definition) is 2. The fourth-order valence-corrected chi connectivity index (χ4v) is 3.15. The van der Waals surface area contributed by atoms with Crippen molar-refractivity contribution >= 4 is 30.1 Å². The van der Waals surface area contributed by atoms with Crippen LogP contribution in [0.1, 0.15) is 32.6 Å². The summed E-state index contributed by atoms with van der Waals surface area (Å²) in [5, 5.41) is 6.37. The van der Waals surface area contributed by atoms with Gasteiger partial charge in [-0.25, -0.2) is 0 Å². The van der Waals surface area contributed by atoms with Gasteiger partial charge in [-0.05, 0) is 47.6 Å². The van der Waals surface area contributed by atoms with E-state index in [9.17, 15) is 4.79 Å². The molecule has 1 aliphatic heterocycles. The summed E-state index contributed by atoms with van der Waals surface area (Å²) < 4.78 is 0. The Labute approximate surface area is 147 Å². The molecule has 1 heterocycles. The van der Waals surface area contributed by atoms with Crippen molar-refractivity contribution in [3.8, 4) is 0 Å². The molecule has 0 unspecified atom stereocenters. The normalized spacial score (nSPS) is 12.4. The van der Waals surface area contributed by atoms with Crippen LogP contribution in [0.4, 0.5) is 0 Å². The van der Waals surface area contributed by atoms with Crippen molar-refractivity contribution in [2.45, 2.75) is 31.5 Å². The first-order chi connectivity index (χ1) is 10.7. The molecule has 23 heavy (non-hydrogen) atoms. The molecule has 1 amide bonds. The molecule has 0 spiro atoms. The molecular weight excluding hydrogens is 328 g/mol. The summed E-state index contributed by atoms with van der Waals surface area (Å²) in [4.78, 5) is 13.5. The van der Waals surface area contributed by atoms with E-state index in [0.717, 1.165) is 34.7 Å². The van der Waals surface area contributed by atoms with Gasteiger partial charge < -0.3 is 10.6 Å². The van der Waals surface area contributed by atoms with E-state index in [0.29, 0.717) is 6.54 Å². The molecule has 0 aromatic heterocycles. The van der Waals surface area contributed by atoms with E-state index >= 15 is 0 Å². The van der Waals surface area contributed by atoms with Gasteiger partial charge in [0, 0.05) is 30.1 Å². The largest absolute Gasteiger partial charge is 0.348 e. The molecule has 0 radical (unpaired) electrons. The smallest absolute Gasteiger partial charge is 0.251 e. The highest BCUT2D eigenvalue weighted by molar-refractivity contribution is 7.98. The molecule has 0 atom stereocenters. The molecular formula is C18H21ClN2OS. The van der Waals surface area contributed by atoms with Gasteiger partial charge in [-0.3, -0.25) is 4.79 Å². The van der Waals surface area contributed by atoms with Crippen LogP contribution in [0.25, 0.3) is 0 Å². The Hall–Kier alpha value is -1.49. The molecule has 5 heteroatoms. The summed E-state index contributed by atoms with van der Waals surface area (Å²) in [7, 11) is 0. The van der Waals surface area contributed by atoms with Crippen molar-refractivity contribution < 1.29 is 4.79 Å². The van der Waals surface area contributed by atoms with Crippen LogP contribution in [0.3, 0.4) is 0 Å². The number of rotatable bonds is 4. The Balaban J connectivity index is 0.00000192. The zero-order valence-corrected chi connectivity index (χ0v) is 14.9. The molecule has 3 nitrogen and oxygen atoms in total. The van der Waals surface area contributed by atoms with E-state index in [2.05, 4.69) is 28.8 Å². The Morgan fingerprint density at radius 3 is 2.74 bits per heavy atom. The minimum atomic E-state index is -0.00739. The minimum absolute atomic E-state index is 0. The van der Waals surface area contributed by atoms with E-state index in [1.165, 1.54) is 11.1 Å². The summed E-state index contributed by atoms with van der Waals surface area (Å²) in [5.74, 6) is -0.00739. The molecule has 3 rings (SSSR count). The van der Waals surface area contributed by atoms with Gasteiger partial charge >= 0.3 is 0 Å². The minimum Gasteiger partial charge on any atom is -0.348 e. The number of fused-ring (bicyclic) bond motifs is 1. The van der Waals surface area contributed by atoms with E-state index in [1.807, 2.05) is 31.4 Å². The molecule has 0 fully saturated rings. The number of nitrogens with one attached hydrogen (secondary N) is 2. The number of hydrogen-bond acceptors (Lipinski definition) is 3. The summed E-state index contributed by atoms with van der Waals surface area (Å²) >= 11 is 1.65. The summed E-state index contributed by atoms with van der Waals surface area (Å²) in [5.41, 5.74) is 5.61. The lowest BCUT2D eigenvalue weighted by atomic mass is 10.1. The third-order valence-corrected chi connectivity index (χ3v) is 4.77. The van der Waals surface area contributed by atoms with Gasteiger partial charge in [-0.2, -0.15) is 0 Å². The van der Waals surface area contributed by atoms with E-state index in [1.54, 1.807) is 11.8 Å². The first-order valence-electron chi connectivity index (χ1n) is 7.41. The number of aryl methyl sites for hydroxylation is 1. The molecule has 2 aromatic carbocycles. The fourth-order valence-electron chi connectivity index (χ4n) is 2.71. The predicted octanol–water partition coefficient (Wildman–Crippen LogP) is 3.67. The van der Waals surface area contributed by atoms with Crippen molar-refractivity contribution in [1.29, 1.82) is 0 Å². The van der Waals surface area contributed by atoms with Crippen LogP contribution in [0.15, 0.2) is 41.3 Å². The molecule has 2 N–H and O–H groups in total. The Morgan fingerprint density at radius 2 is 1.96 bits per heavy atom. The number of benzene rings is 2. The highest BCUT2D eigenvalue weighted by Gasteiger charge is 2.12. The highest BCUT2D eigenvalue weighted by Crippen LogP contribution is 2.20. The predicted molar refractivity (Wildman–Crippen MR) is 98.4 cm³/mol. The van der Waals surface area contributed by atoms with Crippen LogP contribution < -0.4 is 10.6 Å². The molecule has 1 aliphatic rings. The number of halogens is 1. The van der Waals surface area contributed by atoms with Crippen molar-refractivity contribution in [2.75, 3.05) is 6.26 Å². The fraction of sp³-hybridized carbons (Fsp3) is 0.278. The summed E-state index contributed by atoms with van der Waals surface area (Å²) in [6.45, 7) is 4.41. The van der Waals surface area contributed by atoms with Gasteiger partial charge in [0.15, 0.2) is 0 Å². The van der Waals surface area contributed by atoms with Gasteiger partial charge in [0.2, 0.25) is 0 Å². The second-order valence-electron chi connectivity index (χ2n) is 5.57. The molecule has 2 aromatic rings. The number of carbonyl (C=O) groups is 1. The quantitative estimate of drug-likeness (QED) is 0.828. The van der Waals surface area contributed by atoms with Crippen LogP contribution >= 0.6 is 24.2 Å². The standard InChI is InChI=1S/C18H20N2OS.ClH/c1-12-3-6-16(22-2)8-17(12)18(21)20-9-13-4-5-14-10-19-11-15(14)7-13;/h3-8,19H,9-11H2,1-2H3,(H,20,21);1H. The zero-order valence-electron chi connectivity index (χ0n) is 13.3. The van der Waals surface area contributed by atoms with E-state index < -0.39 is 0 Å². The van der Waals surface area contributed by atoms with Gasteiger partial charge in [-0.15, -0.1) is 24.2 Å². The summed E-state index contributed by atoms with van der Waals surface area (Å²) in [6, 6.07) is 12.4. The van der Waals surface area contributed by atoms with E-state index in [-0.39, 0.29) is 18.3 Å². The Kier molecular flexibility index (Phi) is 6.10. The topological polar surface area (TPSA) is 41.1 Å². The van der Waals surface area contributed by atoms with Crippen LogP contribution in [-0.2, 0) is 19.6 Å². The van der Waals surface area contributed by atoms with Crippen molar-refractivity contribution in [2.24, 2.45) is 0 Å². The van der Waals surface area contributed by atoms with Crippen molar-refractivity contribution in [3.63, 3.8) is 0 Å². The third kappa shape index (κ3) is 4.08. The average Bonchev–Trinajstić information content (AvgIpc) is 3.00. The lowest BCUT2D eigenvalue weighted by molar-refractivity contribution is 0.0950.